The van der Waals surface area contributed by atoms with Crippen molar-refractivity contribution >= 4 is 18.3 Å². The quantitative estimate of drug-likeness (QED) is 0.803. The number of carbonyl (C=O) groups is 1. The van der Waals surface area contributed by atoms with E-state index in [0.717, 1.165) is 45.6 Å². The molecule has 0 aromatic heterocycles. The third kappa shape index (κ3) is 2.49. The Bertz CT molecular complexity index is 409. The second kappa shape index (κ2) is 5.71. The summed E-state index contributed by atoms with van der Waals surface area (Å²) in [6, 6.07) is 0.132. The number of nitrogens with two attached hydrogens (primary N) is 1. The monoisotopic (exact) mass is 314 g/mol. The second-order valence-electron chi connectivity index (χ2n) is 7.56. The van der Waals surface area contributed by atoms with Gasteiger partial charge in [-0.25, -0.2) is 0 Å². The third-order valence-electron chi connectivity index (χ3n) is 6.57. The predicted octanol–water partition coefficient (Wildman–Crippen LogP) is 1.81. The van der Waals surface area contributed by atoms with Crippen molar-refractivity contribution in [3.05, 3.63) is 0 Å². The molecule has 4 aliphatic rings. The fraction of sp³-hybridized carbons (Fsp3) is 0.938. The maximum Gasteiger partial charge on any atom is 0.227 e. The Hall–Kier alpha value is -0.320. The maximum atomic E-state index is 12.9. The number of nitrogens with zero attached hydrogens (tertiary/aromatic N) is 1. The van der Waals surface area contributed by atoms with E-state index >= 15 is 0 Å². The predicted molar refractivity (Wildman–Crippen MR) is 83.2 cm³/mol. The molecule has 2 aliphatic carbocycles. The van der Waals surface area contributed by atoms with Gasteiger partial charge in [-0.05, 0) is 55.8 Å². The van der Waals surface area contributed by atoms with Gasteiger partial charge in [0.2, 0.25) is 5.91 Å². The van der Waals surface area contributed by atoms with E-state index in [1.807, 2.05) is 0 Å². The Labute approximate surface area is 133 Å². The summed E-state index contributed by atoms with van der Waals surface area (Å²) in [5, 5.41) is 0. The van der Waals surface area contributed by atoms with Crippen molar-refractivity contribution in [3.63, 3.8) is 0 Å². The van der Waals surface area contributed by atoms with E-state index in [1.165, 1.54) is 19.3 Å². The lowest BCUT2D eigenvalue weighted by Gasteiger charge is -2.35. The second-order valence-corrected chi connectivity index (χ2v) is 7.56. The molecule has 1 spiro atoms. The van der Waals surface area contributed by atoms with Crippen LogP contribution in [0.1, 0.15) is 38.5 Å². The number of fused-ring (bicyclic) bond motifs is 2. The molecule has 0 aromatic carbocycles. The highest BCUT2D eigenvalue weighted by atomic mass is 35.5. The van der Waals surface area contributed by atoms with Gasteiger partial charge in [0.05, 0.1) is 5.92 Å². The highest BCUT2D eigenvalue weighted by Gasteiger charge is 2.52. The first-order valence-electron chi connectivity index (χ1n) is 8.31. The normalized spacial score (nSPS) is 40.5. The molecule has 4 atom stereocenters. The highest BCUT2D eigenvalue weighted by molar-refractivity contribution is 5.85. The van der Waals surface area contributed by atoms with E-state index in [2.05, 4.69) is 4.90 Å². The summed E-state index contributed by atoms with van der Waals surface area (Å²) in [5.41, 5.74) is 6.69. The molecule has 2 saturated heterocycles. The van der Waals surface area contributed by atoms with Crippen LogP contribution in [0.5, 0.6) is 0 Å². The summed E-state index contributed by atoms with van der Waals surface area (Å²) in [4.78, 5) is 15.0. The van der Waals surface area contributed by atoms with Crippen LogP contribution in [0.3, 0.4) is 0 Å². The van der Waals surface area contributed by atoms with Crippen LogP contribution in [0.25, 0.3) is 0 Å². The number of likely N-dealkylation sites (tertiary alicyclic amines) is 1. The lowest BCUT2D eigenvalue weighted by molar-refractivity contribution is -0.137. The summed E-state index contributed by atoms with van der Waals surface area (Å²) < 4.78 is 5.49. The number of hydrogen-bond donors (Lipinski definition) is 1. The van der Waals surface area contributed by atoms with Gasteiger partial charge in [0.25, 0.3) is 0 Å². The minimum absolute atomic E-state index is 0. The van der Waals surface area contributed by atoms with Gasteiger partial charge in [0.15, 0.2) is 0 Å². The number of hydrogen-bond acceptors (Lipinski definition) is 3. The van der Waals surface area contributed by atoms with E-state index in [0.29, 0.717) is 23.2 Å². The van der Waals surface area contributed by atoms with Gasteiger partial charge >= 0.3 is 0 Å². The van der Waals surface area contributed by atoms with Crippen molar-refractivity contribution < 1.29 is 9.53 Å². The van der Waals surface area contributed by atoms with Crippen LogP contribution in [0.4, 0.5) is 0 Å². The molecule has 2 bridgehead atoms. The van der Waals surface area contributed by atoms with Gasteiger partial charge in [-0.3, -0.25) is 4.79 Å². The standard InChI is InChI=1S/C16H26N2O2.ClH/c17-14-12-2-1-11(9-12)13(14)15(19)18-6-3-16(10-18)4-7-20-8-5-16;/h11-14H,1-10,17H2;1H. The molecular weight excluding hydrogens is 288 g/mol. The Morgan fingerprint density at radius 1 is 1.14 bits per heavy atom. The van der Waals surface area contributed by atoms with E-state index in [9.17, 15) is 4.79 Å². The van der Waals surface area contributed by atoms with Crippen molar-refractivity contribution in [2.24, 2.45) is 28.9 Å². The molecular formula is C16H27ClN2O2. The zero-order chi connectivity index (χ0) is 13.7. The van der Waals surface area contributed by atoms with Gasteiger partial charge in [-0.1, -0.05) is 0 Å². The number of ether oxygens (including phenoxy) is 1. The Kier molecular flexibility index (Phi) is 4.23. The van der Waals surface area contributed by atoms with Crippen molar-refractivity contribution in [2.45, 2.75) is 44.6 Å². The topological polar surface area (TPSA) is 55.6 Å². The van der Waals surface area contributed by atoms with Crippen LogP contribution in [0.2, 0.25) is 0 Å². The molecule has 2 N–H and O–H groups in total. The smallest absolute Gasteiger partial charge is 0.227 e. The lowest BCUT2D eigenvalue weighted by atomic mass is 9.79. The molecule has 4 nitrogen and oxygen atoms in total. The minimum atomic E-state index is 0. The van der Waals surface area contributed by atoms with Gasteiger partial charge in [-0.2, -0.15) is 0 Å². The summed E-state index contributed by atoms with van der Waals surface area (Å²) >= 11 is 0. The molecule has 4 fully saturated rings. The molecule has 2 heterocycles. The first kappa shape index (κ1) is 15.6. The van der Waals surface area contributed by atoms with Crippen LogP contribution in [-0.2, 0) is 9.53 Å². The van der Waals surface area contributed by atoms with Crippen molar-refractivity contribution in [1.29, 1.82) is 0 Å². The molecule has 21 heavy (non-hydrogen) atoms. The van der Waals surface area contributed by atoms with Crippen LogP contribution in [-0.4, -0.2) is 43.2 Å². The number of amides is 1. The van der Waals surface area contributed by atoms with Crippen molar-refractivity contribution in [2.75, 3.05) is 26.3 Å². The van der Waals surface area contributed by atoms with Crippen molar-refractivity contribution in [3.8, 4) is 0 Å². The van der Waals surface area contributed by atoms with Crippen LogP contribution >= 0.6 is 12.4 Å². The van der Waals surface area contributed by atoms with E-state index < -0.39 is 0 Å². The van der Waals surface area contributed by atoms with Crippen LogP contribution in [0.15, 0.2) is 0 Å². The Balaban J connectivity index is 0.00000132. The average Bonchev–Trinajstić information content (AvgIpc) is 3.14. The largest absolute Gasteiger partial charge is 0.381 e. The average molecular weight is 315 g/mol. The van der Waals surface area contributed by atoms with Crippen molar-refractivity contribution in [1.82, 2.24) is 4.90 Å². The summed E-state index contributed by atoms with van der Waals surface area (Å²) in [7, 11) is 0. The van der Waals surface area contributed by atoms with Gasteiger partial charge < -0.3 is 15.4 Å². The van der Waals surface area contributed by atoms with E-state index in [1.54, 1.807) is 0 Å². The van der Waals surface area contributed by atoms with Crippen LogP contribution < -0.4 is 5.73 Å². The highest BCUT2D eigenvalue weighted by Crippen LogP contribution is 2.49. The number of halogens is 1. The van der Waals surface area contributed by atoms with Crippen LogP contribution in [0, 0.1) is 23.2 Å². The zero-order valence-corrected chi connectivity index (χ0v) is 13.4. The SMILES string of the molecule is Cl.NC1C2CCC(C2)C1C(=O)N1CCC2(CCOCC2)C1. The molecule has 0 aromatic rings. The lowest BCUT2D eigenvalue weighted by Crippen LogP contribution is -2.47. The summed E-state index contributed by atoms with van der Waals surface area (Å²) in [6.07, 6.45) is 7.08. The molecule has 2 saturated carbocycles. The molecule has 4 unspecified atom stereocenters. The first-order chi connectivity index (χ1) is 9.69. The molecule has 0 radical (unpaired) electrons. The maximum absolute atomic E-state index is 12.9. The molecule has 5 heteroatoms. The zero-order valence-electron chi connectivity index (χ0n) is 12.6. The number of carbonyl (C=O) groups excluding carboxylic acids is 1. The first-order valence-corrected chi connectivity index (χ1v) is 8.31. The minimum Gasteiger partial charge on any atom is -0.381 e. The van der Waals surface area contributed by atoms with Gasteiger partial charge in [0.1, 0.15) is 0 Å². The molecule has 2 aliphatic heterocycles. The molecule has 1 amide bonds. The fourth-order valence-corrected chi connectivity index (χ4v) is 5.25. The Morgan fingerprint density at radius 2 is 1.86 bits per heavy atom. The summed E-state index contributed by atoms with van der Waals surface area (Å²) in [5.74, 6) is 1.69. The number of rotatable bonds is 1. The fourth-order valence-electron chi connectivity index (χ4n) is 5.25. The molecule has 120 valence electrons. The van der Waals surface area contributed by atoms with Gasteiger partial charge in [-0.15, -0.1) is 12.4 Å². The third-order valence-corrected chi connectivity index (χ3v) is 6.57. The van der Waals surface area contributed by atoms with E-state index in [4.69, 9.17) is 10.5 Å². The Morgan fingerprint density at radius 3 is 2.52 bits per heavy atom. The van der Waals surface area contributed by atoms with E-state index in [-0.39, 0.29) is 24.4 Å². The molecule has 4 rings (SSSR count). The summed E-state index contributed by atoms with van der Waals surface area (Å²) in [6.45, 7) is 3.64. The van der Waals surface area contributed by atoms with Gasteiger partial charge in [0, 0.05) is 32.3 Å².